The number of phosphoric acid groups is 1. The van der Waals surface area contributed by atoms with E-state index >= 15 is 0 Å². The molecule has 0 aromatic heterocycles. The zero-order chi connectivity index (χ0) is 25.7. The van der Waals surface area contributed by atoms with Crippen molar-refractivity contribution < 1.29 is 23.3 Å². The Balaban J connectivity index is 4.45. The molecule has 0 saturated heterocycles. The second-order valence-electron chi connectivity index (χ2n) is 9.24. The average Bonchev–Trinajstić information content (AvgIpc) is 2.78. The van der Waals surface area contributed by atoms with E-state index in [1.165, 1.54) is 51.4 Å². The second kappa shape index (κ2) is 21.2. The highest BCUT2D eigenvalue weighted by Crippen LogP contribution is 2.44. The van der Waals surface area contributed by atoms with E-state index in [0.717, 1.165) is 38.5 Å². The van der Waals surface area contributed by atoms with E-state index < -0.39 is 19.8 Å². The van der Waals surface area contributed by atoms with Gasteiger partial charge >= 0.3 is 13.8 Å². The van der Waals surface area contributed by atoms with Gasteiger partial charge in [0.05, 0.1) is 6.61 Å². The van der Waals surface area contributed by atoms with Gasteiger partial charge in [0.2, 0.25) is 0 Å². The Hall–Kier alpha value is -1.15. The van der Waals surface area contributed by atoms with E-state index in [-0.39, 0.29) is 24.9 Å². The predicted octanol–water partition coefficient (Wildman–Crippen LogP) is 5.35. The summed E-state index contributed by atoms with van der Waals surface area (Å²) in [6.45, 7) is 4.88. The molecular weight excluding hydrogens is 455 g/mol. The number of unbranched alkanes of at least 4 members (excludes halogenated alkanes) is 10. The molecule has 0 aromatic rings. The van der Waals surface area contributed by atoms with Crippen LogP contribution in [0.15, 0.2) is 0 Å². The highest BCUT2D eigenvalue weighted by atomic mass is 31.2. The summed E-state index contributed by atoms with van der Waals surface area (Å²) < 4.78 is 22.2. The van der Waals surface area contributed by atoms with Crippen LogP contribution in [0, 0.1) is 11.3 Å². The van der Waals surface area contributed by atoms with Gasteiger partial charge in [0.1, 0.15) is 6.04 Å². The number of hydrogen-bond donors (Lipinski definition) is 5. The van der Waals surface area contributed by atoms with Crippen LogP contribution >= 0.6 is 7.82 Å². The van der Waals surface area contributed by atoms with E-state index in [2.05, 4.69) is 19.2 Å². The Labute approximate surface area is 207 Å². The van der Waals surface area contributed by atoms with Gasteiger partial charge in [-0.3, -0.25) is 14.8 Å². The smallest absolute Gasteiger partial charge is 0.370 e. The van der Waals surface area contributed by atoms with Crippen LogP contribution in [0.5, 0.6) is 0 Å². The molecule has 0 aliphatic heterocycles. The first-order valence-electron chi connectivity index (χ1n) is 13.3. The molecule has 0 bridgehead atoms. The van der Waals surface area contributed by atoms with Gasteiger partial charge in [0.25, 0.3) is 0 Å². The van der Waals surface area contributed by atoms with Gasteiger partial charge in [-0.15, -0.1) is 0 Å². The van der Waals surface area contributed by atoms with Crippen molar-refractivity contribution in [2.45, 2.75) is 123 Å². The third-order valence-electron chi connectivity index (χ3n) is 5.92. The van der Waals surface area contributed by atoms with Crippen molar-refractivity contribution in [1.29, 1.82) is 5.41 Å². The number of rotatable bonds is 23. The summed E-state index contributed by atoms with van der Waals surface area (Å²) in [4.78, 5) is 22.1. The maximum Gasteiger partial charge on any atom is 0.529 e. The van der Waals surface area contributed by atoms with E-state index in [4.69, 9.17) is 25.9 Å². The molecule has 0 aliphatic rings. The lowest BCUT2D eigenvalue weighted by Crippen LogP contribution is -2.35. The topological polar surface area (TPSA) is 161 Å². The molecule has 202 valence electrons. The number of carbonyl (C=O) groups excluding carboxylic acids is 1. The van der Waals surface area contributed by atoms with Gasteiger partial charge in [-0.1, -0.05) is 90.9 Å². The minimum absolute atomic E-state index is 0.0996. The summed E-state index contributed by atoms with van der Waals surface area (Å²) in [5.74, 6) is -0.958. The maximum atomic E-state index is 12.3. The summed E-state index contributed by atoms with van der Waals surface area (Å²) in [7, 11) is -4.52. The fourth-order valence-corrected chi connectivity index (χ4v) is 4.62. The molecule has 34 heavy (non-hydrogen) atoms. The van der Waals surface area contributed by atoms with E-state index in [1.54, 1.807) is 0 Å². The van der Waals surface area contributed by atoms with Crippen LogP contribution in [-0.4, -0.2) is 36.0 Å². The lowest BCUT2D eigenvalue weighted by Gasteiger charge is -2.20. The zero-order valence-electron chi connectivity index (χ0n) is 21.6. The van der Waals surface area contributed by atoms with Crippen molar-refractivity contribution in [1.82, 2.24) is 5.32 Å². The fraction of sp³-hybridized carbons (Fsp3) is 0.917. The van der Waals surface area contributed by atoms with Gasteiger partial charge in [0.15, 0.2) is 5.96 Å². The predicted molar refractivity (Wildman–Crippen MR) is 138 cm³/mol. The molecule has 10 heteroatoms. The number of hydrogen-bond acceptors (Lipinski definition) is 6. The van der Waals surface area contributed by atoms with Crippen LogP contribution < -0.4 is 16.8 Å². The molecule has 0 radical (unpaired) electrons. The highest BCUT2D eigenvalue weighted by molar-refractivity contribution is 7.48. The third kappa shape index (κ3) is 20.2. The minimum atomic E-state index is -4.52. The molecule has 0 spiro atoms. The van der Waals surface area contributed by atoms with E-state index in [9.17, 15) is 14.3 Å². The van der Waals surface area contributed by atoms with Crippen molar-refractivity contribution in [3.05, 3.63) is 0 Å². The first-order valence-corrected chi connectivity index (χ1v) is 14.8. The summed E-state index contributed by atoms with van der Waals surface area (Å²) in [6.07, 6.45) is 17.0. The van der Waals surface area contributed by atoms with Crippen molar-refractivity contribution in [2.24, 2.45) is 17.4 Å². The van der Waals surface area contributed by atoms with Gasteiger partial charge in [-0.2, -0.15) is 0 Å². The summed E-state index contributed by atoms with van der Waals surface area (Å²) in [5.41, 5.74) is 10.9. The van der Waals surface area contributed by atoms with Crippen LogP contribution in [-0.2, 0) is 18.4 Å². The van der Waals surface area contributed by atoms with E-state index in [1.807, 2.05) is 0 Å². The van der Waals surface area contributed by atoms with Gasteiger partial charge in [0, 0.05) is 6.54 Å². The lowest BCUT2D eigenvalue weighted by atomic mass is 9.95. The Morgan fingerprint density at radius 1 is 0.912 bits per heavy atom. The Morgan fingerprint density at radius 3 is 1.91 bits per heavy atom. The summed E-state index contributed by atoms with van der Waals surface area (Å²) >= 11 is 0. The number of phosphoric ester groups is 1. The van der Waals surface area contributed by atoms with Crippen molar-refractivity contribution in [2.75, 3.05) is 13.2 Å². The normalized spacial score (nSPS) is 14.8. The molecule has 3 atom stereocenters. The summed E-state index contributed by atoms with van der Waals surface area (Å²) in [5, 5.41) is 9.69. The standard InChI is InChI=1S/C24H51N4O5P/c1-3-5-7-9-10-12-14-17-21(16-13-11-8-6-4-2)20-32-34(30,31)33-23(29)22(25)18-15-19-28-24(26)27/h21-22H,3-20,25H2,1-2H3,(H,30,31)(H4,26,27,28)/t21?,22-/m0/s1. The molecule has 0 aromatic carbocycles. The molecular formula is C24H51N4O5P. The lowest BCUT2D eigenvalue weighted by molar-refractivity contribution is -0.137. The van der Waals surface area contributed by atoms with Crippen LogP contribution in [0.2, 0.25) is 0 Å². The minimum Gasteiger partial charge on any atom is -0.370 e. The quantitative estimate of drug-likeness (QED) is 0.0536. The SMILES string of the molecule is CCCCCCCCCC(CCCCCCC)COP(=O)(O)OC(=O)[C@@H](N)CCCNC(=N)N. The Bertz CT molecular complexity index is 580. The molecule has 0 amide bonds. The second-order valence-corrected chi connectivity index (χ2v) is 10.6. The molecule has 0 fully saturated rings. The molecule has 2 unspecified atom stereocenters. The first kappa shape index (κ1) is 32.8. The molecule has 0 aliphatic carbocycles. The van der Waals surface area contributed by atoms with Gasteiger partial charge in [-0.05, 0) is 31.6 Å². The number of nitrogens with two attached hydrogens (primary N) is 2. The molecule has 0 saturated carbocycles. The monoisotopic (exact) mass is 506 g/mol. The molecule has 0 heterocycles. The van der Waals surface area contributed by atoms with Crippen molar-refractivity contribution in [3.8, 4) is 0 Å². The zero-order valence-corrected chi connectivity index (χ0v) is 22.5. The fourth-order valence-electron chi connectivity index (χ4n) is 3.81. The van der Waals surface area contributed by atoms with Crippen LogP contribution in [0.1, 0.15) is 117 Å². The number of guanidine groups is 1. The van der Waals surface area contributed by atoms with Crippen LogP contribution in [0.3, 0.4) is 0 Å². The Morgan fingerprint density at radius 2 is 1.41 bits per heavy atom. The molecule has 0 rings (SSSR count). The Kier molecular flexibility index (Phi) is 20.4. The van der Waals surface area contributed by atoms with Gasteiger partial charge < -0.3 is 21.3 Å². The number of nitrogens with one attached hydrogen (secondary N) is 2. The molecule has 9 nitrogen and oxygen atoms in total. The van der Waals surface area contributed by atoms with Crippen molar-refractivity contribution >= 4 is 19.8 Å². The molecule has 7 N–H and O–H groups in total. The van der Waals surface area contributed by atoms with Crippen LogP contribution in [0.25, 0.3) is 0 Å². The van der Waals surface area contributed by atoms with Gasteiger partial charge in [-0.25, -0.2) is 9.36 Å². The highest BCUT2D eigenvalue weighted by Gasteiger charge is 2.30. The van der Waals surface area contributed by atoms with Crippen molar-refractivity contribution in [3.63, 3.8) is 0 Å². The first-order chi connectivity index (χ1) is 16.2. The maximum absolute atomic E-state index is 12.3. The third-order valence-corrected chi connectivity index (χ3v) is 6.81. The van der Waals surface area contributed by atoms with E-state index in [0.29, 0.717) is 13.0 Å². The van der Waals surface area contributed by atoms with Crippen LogP contribution in [0.4, 0.5) is 0 Å². The summed E-state index contributed by atoms with van der Waals surface area (Å²) in [6, 6.07) is -1.04. The average molecular weight is 507 g/mol. The largest absolute Gasteiger partial charge is 0.529 e. The number of carbonyl (C=O) groups is 1.